The van der Waals surface area contributed by atoms with E-state index >= 15 is 0 Å². The predicted octanol–water partition coefficient (Wildman–Crippen LogP) is 5.23. The number of aromatic amines is 2. The molecule has 4 aromatic rings. The molecule has 0 aliphatic carbocycles. The summed E-state index contributed by atoms with van der Waals surface area (Å²) in [7, 11) is 3.99. The van der Waals surface area contributed by atoms with E-state index in [4.69, 9.17) is 0 Å². The second kappa shape index (κ2) is 10.4. The van der Waals surface area contributed by atoms with Crippen molar-refractivity contribution in [2.24, 2.45) is 0 Å². The number of hydrogen-bond donors (Lipinski definition) is 2. The molecule has 1 aromatic carbocycles. The van der Waals surface area contributed by atoms with Crippen LogP contribution in [0.1, 0.15) is 29.3 Å². The van der Waals surface area contributed by atoms with E-state index in [9.17, 15) is 4.39 Å². The lowest BCUT2D eigenvalue weighted by molar-refractivity contribution is 0.627. The Bertz CT molecular complexity index is 1580. The lowest BCUT2D eigenvalue weighted by Gasteiger charge is -2.12. The van der Waals surface area contributed by atoms with Crippen LogP contribution in [0, 0.1) is 12.7 Å². The van der Waals surface area contributed by atoms with Crippen molar-refractivity contribution in [3.8, 4) is 11.4 Å². The van der Waals surface area contributed by atoms with Gasteiger partial charge in [0.05, 0.1) is 22.9 Å². The number of pyridine rings is 1. The molecule has 0 amide bonds. The fourth-order valence-electron chi connectivity index (χ4n) is 4.01. The molecule has 2 N–H and O–H groups in total. The Labute approximate surface area is 210 Å². The van der Waals surface area contributed by atoms with E-state index < -0.39 is 0 Å². The number of aromatic nitrogens is 4. The second-order valence-corrected chi connectivity index (χ2v) is 8.86. The molecule has 3 heterocycles. The lowest BCUT2D eigenvalue weighted by atomic mass is 9.97. The highest BCUT2D eigenvalue weighted by Gasteiger charge is 2.14. The summed E-state index contributed by atoms with van der Waals surface area (Å²) in [5, 5.41) is 9.22. The molecule has 0 atom stereocenters. The first-order valence-electron chi connectivity index (χ1n) is 11.6. The molecule has 4 rings (SSSR count). The maximum absolute atomic E-state index is 13.9. The Kier molecular flexibility index (Phi) is 7.15. The average molecular weight is 480 g/mol. The van der Waals surface area contributed by atoms with Gasteiger partial charge in [0, 0.05) is 36.8 Å². The third kappa shape index (κ3) is 5.13. The van der Waals surface area contributed by atoms with Gasteiger partial charge in [-0.15, -0.1) is 0 Å². The average Bonchev–Trinajstić information content (AvgIpc) is 3.42. The number of benzene rings is 1. The van der Waals surface area contributed by atoms with Gasteiger partial charge in [0.1, 0.15) is 11.5 Å². The zero-order valence-electron chi connectivity index (χ0n) is 21.1. The number of anilines is 1. The van der Waals surface area contributed by atoms with Gasteiger partial charge in [-0.1, -0.05) is 43.5 Å². The molecule has 182 valence electrons. The van der Waals surface area contributed by atoms with Crippen molar-refractivity contribution in [2.45, 2.75) is 13.8 Å². The molecule has 0 saturated heterocycles. The topological polar surface area (TPSA) is 60.6 Å². The fourth-order valence-corrected chi connectivity index (χ4v) is 4.01. The molecular weight excluding hydrogens is 449 g/mol. The van der Waals surface area contributed by atoms with Crippen LogP contribution in [0.2, 0.25) is 0 Å². The fraction of sp³-hybridized carbons (Fsp3) is 0.133. The molecule has 36 heavy (non-hydrogen) atoms. The lowest BCUT2D eigenvalue weighted by Crippen LogP contribution is -2.21. The highest BCUT2D eigenvalue weighted by Crippen LogP contribution is 2.29. The minimum atomic E-state index is -0.282. The Morgan fingerprint density at radius 2 is 1.89 bits per heavy atom. The molecule has 3 aromatic heterocycles. The maximum Gasteiger partial charge on any atom is 0.123 e. The Balaban J connectivity index is 1.69. The summed E-state index contributed by atoms with van der Waals surface area (Å²) in [6, 6.07) is 10.7. The SMILES string of the molecule is C=C/C=C(/c1cccc(F)c1)c1cc(-c2n[nH]/c(=C/C=C(\C)c3cncc(N(C)C)c3)c2=C)[nH]c1C. The number of halogens is 1. The first-order valence-corrected chi connectivity index (χ1v) is 11.6. The minimum Gasteiger partial charge on any atom is -0.376 e. The quantitative estimate of drug-likeness (QED) is 0.357. The molecule has 0 radical (unpaired) electrons. The third-order valence-electron chi connectivity index (χ3n) is 6.07. The maximum atomic E-state index is 13.9. The standard InChI is InChI=1S/C30H30FN5/c1-7-9-26(22-10-8-11-24(31)14-22)27-16-29(33-21(27)4)30-20(3)28(34-35-30)13-12-19(2)23-15-25(36(5)6)18-32-17-23/h7-18,33-34H,1,3H2,2,4-6H3/b19-12+,26-9-,28-13+. The van der Waals surface area contributed by atoms with Gasteiger partial charge >= 0.3 is 0 Å². The smallest absolute Gasteiger partial charge is 0.123 e. The highest BCUT2D eigenvalue weighted by atomic mass is 19.1. The number of allylic oxidation sites excluding steroid dienone is 4. The van der Waals surface area contributed by atoms with Gasteiger partial charge in [-0.25, -0.2) is 4.39 Å². The Morgan fingerprint density at radius 3 is 2.61 bits per heavy atom. The molecule has 0 spiro atoms. The van der Waals surface area contributed by atoms with E-state index in [2.05, 4.69) is 39.4 Å². The van der Waals surface area contributed by atoms with Gasteiger partial charge in [0.15, 0.2) is 0 Å². The molecular formula is C30H30FN5. The zero-order chi connectivity index (χ0) is 25.8. The molecule has 0 bridgehead atoms. The highest BCUT2D eigenvalue weighted by molar-refractivity contribution is 5.84. The van der Waals surface area contributed by atoms with Crippen molar-refractivity contribution in [3.63, 3.8) is 0 Å². The summed E-state index contributed by atoms with van der Waals surface area (Å²) >= 11 is 0. The van der Waals surface area contributed by atoms with Crippen molar-refractivity contribution in [1.82, 2.24) is 20.2 Å². The third-order valence-corrected chi connectivity index (χ3v) is 6.07. The van der Waals surface area contributed by atoms with E-state index in [0.717, 1.165) is 61.2 Å². The monoisotopic (exact) mass is 479 g/mol. The number of nitrogens with zero attached hydrogens (tertiary/aromatic N) is 3. The van der Waals surface area contributed by atoms with Crippen LogP contribution >= 0.6 is 0 Å². The van der Waals surface area contributed by atoms with Gasteiger partial charge in [-0.2, -0.15) is 5.10 Å². The molecule has 6 heteroatoms. The number of aryl methyl sites for hydroxylation is 1. The van der Waals surface area contributed by atoms with Gasteiger partial charge in [0.25, 0.3) is 0 Å². The van der Waals surface area contributed by atoms with Crippen LogP contribution in [-0.2, 0) is 0 Å². The molecule has 0 saturated carbocycles. The first kappa shape index (κ1) is 24.7. The number of rotatable bonds is 7. The van der Waals surface area contributed by atoms with Crippen LogP contribution in [0.3, 0.4) is 0 Å². The van der Waals surface area contributed by atoms with Crippen molar-refractivity contribution < 1.29 is 4.39 Å². The van der Waals surface area contributed by atoms with E-state index in [1.54, 1.807) is 12.1 Å². The van der Waals surface area contributed by atoms with Gasteiger partial charge in [0.2, 0.25) is 0 Å². The van der Waals surface area contributed by atoms with E-state index in [-0.39, 0.29) is 5.82 Å². The Morgan fingerprint density at radius 1 is 1.08 bits per heavy atom. The number of H-pyrrole nitrogens is 2. The summed E-state index contributed by atoms with van der Waals surface area (Å²) in [6.45, 7) is 12.1. The largest absolute Gasteiger partial charge is 0.376 e. The van der Waals surface area contributed by atoms with Crippen LogP contribution < -0.4 is 15.5 Å². The van der Waals surface area contributed by atoms with Crippen molar-refractivity contribution in [3.05, 3.63) is 112 Å². The van der Waals surface area contributed by atoms with Gasteiger partial charge in [-0.05, 0) is 66.5 Å². The number of hydrogen-bond acceptors (Lipinski definition) is 3. The second-order valence-electron chi connectivity index (χ2n) is 8.86. The summed E-state index contributed by atoms with van der Waals surface area (Å²) in [6.07, 6.45) is 11.3. The summed E-state index contributed by atoms with van der Waals surface area (Å²) in [5.41, 5.74) is 8.29. The summed E-state index contributed by atoms with van der Waals surface area (Å²) in [4.78, 5) is 9.78. The molecule has 0 fully saturated rings. The van der Waals surface area contributed by atoms with E-state index in [0.29, 0.717) is 0 Å². The van der Waals surface area contributed by atoms with Crippen LogP contribution in [0.15, 0.2) is 73.6 Å². The van der Waals surface area contributed by atoms with Crippen LogP contribution in [0.4, 0.5) is 10.1 Å². The number of nitrogens with one attached hydrogen (secondary N) is 2. The van der Waals surface area contributed by atoms with Crippen molar-refractivity contribution >= 4 is 29.5 Å². The summed E-state index contributed by atoms with van der Waals surface area (Å²) < 4.78 is 13.9. The normalized spacial score (nSPS) is 12.8. The van der Waals surface area contributed by atoms with Gasteiger partial charge in [-0.3, -0.25) is 10.1 Å². The van der Waals surface area contributed by atoms with E-state index in [1.807, 2.05) is 75.6 Å². The van der Waals surface area contributed by atoms with Crippen molar-refractivity contribution in [2.75, 3.05) is 19.0 Å². The molecule has 0 aliphatic rings. The summed E-state index contributed by atoms with van der Waals surface area (Å²) in [5.74, 6) is -0.282. The van der Waals surface area contributed by atoms with Crippen molar-refractivity contribution in [1.29, 1.82) is 0 Å². The molecule has 0 aliphatic heterocycles. The zero-order valence-corrected chi connectivity index (χ0v) is 21.1. The van der Waals surface area contributed by atoms with Gasteiger partial charge < -0.3 is 9.88 Å². The Hall–Kier alpha value is -4.45. The molecule has 5 nitrogen and oxygen atoms in total. The molecule has 0 unspecified atom stereocenters. The van der Waals surface area contributed by atoms with E-state index in [1.165, 1.54) is 12.1 Å². The first-order chi connectivity index (χ1) is 17.3. The van der Waals surface area contributed by atoms with Crippen LogP contribution in [0.5, 0.6) is 0 Å². The minimum absolute atomic E-state index is 0.282. The predicted molar refractivity (Wildman–Crippen MR) is 148 cm³/mol. The van der Waals surface area contributed by atoms with Crippen LogP contribution in [0.25, 0.3) is 35.2 Å². The van der Waals surface area contributed by atoms with Crippen LogP contribution in [-0.4, -0.2) is 34.3 Å².